The van der Waals surface area contributed by atoms with Crippen molar-refractivity contribution in [1.29, 1.82) is 0 Å². The van der Waals surface area contributed by atoms with E-state index in [-0.39, 0.29) is 5.95 Å². The molecule has 0 fully saturated rings. The first kappa shape index (κ1) is 11.7. The molecule has 0 unspecified atom stereocenters. The van der Waals surface area contributed by atoms with E-state index in [4.69, 9.17) is 5.73 Å². The SMILES string of the molecule is CN(C)c1nc(N)nc(N2CCn3ccnc3C2)n1. The van der Waals surface area contributed by atoms with Crippen LogP contribution < -0.4 is 15.5 Å². The van der Waals surface area contributed by atoms with Gasteiger partial charge >= 0.3 is 0 Å². The molecule has 2 aromatic heterocycles. The van der Waals surface area contributed by atoms with Gasteiger partial charge in [-0.25, -0.2) is 4.98 Å². The molecule has 0 saturated heterocycles. The molecule has 0 radical (unpaired) electrons. The van der Waals surface area contributed by atoms with Gasteiger partial charge in [-0.3, -0.25) is 0 Å². The molecule has 19 heavy (non-hydrogen) atoms. The lowest BCUT2D eigenvalue weighted by molar-refractivity contribution is 0.551. The maximum absolute atomic E-state index is 5.74. The van der Waals surface area contributed by atoms with Crippen LogP contribution in [0.25, 0.3) is 0 Å². The molecule has 100 valence electrons. The summed E-state index contributed by atoms with van der Waals surface area (Å²) in [6.45, 7) is 2.39. The molecule has 8 heteroatoms. The van der Waals surface area contributed by atoms with E-state index in [1.165, 1.54) is 0 Å². The summed E-state index contributed by atoms with van der Waals surface area (Å²) in [4.78, 5) is 20.9. The minimum absolute atomic E-state index is 0.239. The summed E-state index contributed by atoms with van der Waals surface area (Å²) in [5.41, 5.74) is 5.74. The second-order valence-electron chi connectivity index (χ2n) is 4.65. The van der Waals surface area contributed by atoms with E-state index in [0.717, 1.165) is 18.9 Å². The third-order valence-electron chi connectivity index (χ3n) is 3.06. The number of hydrogen-bond acceptors (Lipinski definition) is 7. The van der Waals surface area contributed by atoms with Gasteiger partial charge in [-0.05, 0) is 0 Å². The van der Waals surface area contributed by atoms with Crippen LogP contribution in [0.3, 0.4) is 0 Å². The molecule has 0 amide bonds. The molecule has 0 aromatic carbocycles. The van der Waals surface area contributed by atoms with Crippen molar-refractivity contribution in [3.05, 3.63) is 18.2 Å². The van der Waals surface area contributed by atoms with E-state index in [0.29, 0.717) is 18.4 Å². The first-order valence-corrected chi connectivity index (χ1v) is 6.07. The summed E-state index contributed by atoms with van der Waals surface area (Å²) < 4.78 is 2.13. The van der Waals surface area contributed by atoms with Crippen molar-refractivity contribution < 1.29 is 0 Å². The minimum atomic E-state index is 0.239. The zero-order valence-electron chi connectivity index (χ0n) is 11.0. The van der Waals surface area contributed by atoms with E-state index in [1.54, 1.807) is 0 Å². The Bertz CT molecular complexity index is 590. The highest BCUT2D eigenvalue weighted by molar-refractivity contribution is 5.43. The van der Waals surface area contributed by atoms with Crippen molar-refractivity contribution in [2.24, 2.45) is 0 Å². The second kappa shape index (κ2) is 4.38. The molecular formula is C11H16N8. The zero-order chi connectivity index (χ0) is 13.4. The Morgan fingerprint density at radius 3 is 2.84 bits per heavy atom. The van der Waals surface area contributed by atoms with Crippen molar-refractivity contribution in [1.82, 2.24) is 24.5 Å². The predicted molar refractivity (Wildman–Crippen MR) is 71.8 cm³/mol. The predicted octanol–water partition coefficient (Wildman–Crippen LogP) is -0.263. The van der Waals surface area contributed by atoms with Gasteiger partial charge in [0, 0.05) is 39.6 Å². The van der Waals surface area contributed by atoms with Crippen molar-refractivity contribution in [3.8, 4) is 0 Å². The number of imidazole rings is 1. The Hall–Kier alpha value is -2.38. The Kier molecular flexibility index (Phi) is 2.69. The standard InChI is InChI=1S/C11H16N8/c1-17(2)10-14-9(12)15-11(16-10)19-6-5-18-4-3-13-8(18)7-19/h3-4H,5-7H2,1-2H3,(H2,12,14,15,16). The molecule has 0 atom stereocenters. The fourth-order valence-electron chi connectivity index (χ4n) is 2.05. The van der Waals surface area contributed by atoms with Crippen molar-refractivity contribution in [3.63, 3.8) is 0 Å². The minimum Gasteiger partial charge on any atom is -0.368 e. The lowest BCUT2D eigenvalue weighted by Crippen LogP contribution is -2.35. The summed E-state index contributed by atoms with van der Waals surface area (Å²) in [5.74, 6) is 2.42. The molecule has 0 aliphatic carbocycles. The quantitative estimate of drug-likeness (QED) is 0.795. The zero-order valence-corrected chi connectivity index (χ0v) is 11.0. The van der Waals surface area contributed by atoms with Gasteiger partial charge in [-0.1, -0.05) is 0 Å². The highest BCUT2D eigenvalue weighted by atomic mass is 15.4. The first-order valence-electron chi connectivity index (χ1n) is 6.07. The number of aromatic nitrogens is 5. The summed E-state index contributed by atoms with van der Waals surface area (Å²) >= 11 is 0. The van der Waals surface area contributed by atoms with Gasteiger partial charge in [0.25, 0.3) is 0 Å². The van der Waals surface area contributed by atoms with Gasteiger partial charge in [-0.2, -0.15) is 15.0 Å². The van der Waals surface area contributed by atoms with Gasteiger partial charge in [-0.15, -0.1) is 0 Å². The van der Waals surface area contributed by atoms with E-state index in [2.05, 4.69) is 29.4 Å². The van der Waals surface area contributed by atoms with E-state index in [1.807, 2.05) is 31.4 Å². The third-order valence-corrected chi connectivity index (χ3v) is 3.06. The Labute approximate surface area is 110 Å². The highest BCUT2D eigenvalue weighted by Crippen LogP contribution is 2.18. The first-order chi connectivity index (χ1) is 9.13. The average molecular weight is 260 g/mol. The Morgan fingerprint density at radius 2 is 2.05 bits per heavy atom. The smallest absolute Gasteiger partial charge is 0.232 e. The molecule has 0 spiro atoms. The average Bonchev–Trinajstić information content (AvgIpc) is 2.85. The molecule has 0 bridgehead atoms. The van der Waals surface area contributed by atoms with Crippen molar-refractivity contribution in [2.75, 3.05) is 36.2 Å². The van der Waals surface area contributed by atoms with Crippen molar-refractivity contribution in [2.45, 2.75) is 13.1 Å². The van der Waals surface area contributed by atoms with Gasteiger partial charge < -0.3 is 20.1 Å². The fraction of sp³-hybridized carbons (Fsp3) is 0.455. The van der Waals surface area contributed by atoms with Crippen LogP contribution in [0.2, 0.25) is 0 Å². The van der Waals surface area contributed by atoms with Crippen LogP contribution in [0.1, 0.15) is 5.82 Å². The summed E-state index contributed by atoms with van der Waals surface area (Å²) in [7, 11) is 3.75. The van der Waals surface area contributed by atoms with Gasteiger partial charge in [0.2, 0.25) is 17.8 Å². The maximum atomic E-state index is 5.74. The monoisotopic (exact) mass is 260 g/mol. The Balaban J connectivity index is 1.91. The number of rotatable bonds is 2. The van der Waals surface area contributed by atoms with Gasteiger partial charge in [0.15, 0.2) is 0 Å². The van der Waals surface area contributed by atoms with Crippen LogP contribution in [0.4, 0.5) is 17.8 Å². The lowest BCUT2D eigenvalue weighted by Gasteiger charge is -2.28. The van der Waals surface area contributed by atoms with E-state index < -0.39 is 0 Å². The van der Waals surface area contributed by atoms with Gasteiger partial charge in [0.1, 0.15) is 5.82 Å². The summed E-state index contributed by atoms with van der Waals surface area (Å²) in [5, 5.41) is 0. The van der Waals surface area contributed by atoms with Crippen LogP contribution in [0.15, 0.2) is 12.4 Å². The molecule has 3 rings (SSSR count). The van der Waals surface area contributed by atoms with Gasteiger partial charge in [0.05, 0.1) is 6.54 Å². The fourth-order valence-corrected chi connectivity index (χ4v) is 2.05. The molecule has 2 aromatic rings. The largest absolute Gasteiger partial charge is 0.368 e. The maximum Gasteiger partial charge on any atom is 0.232 e. The number of hydrogen-bond donors (Lipinski definition) is 1. The van der Waals surface area contributed by atoms with Crippen LogP contribution in [0.5, 0.6) is 0 Å². The molecule has 2 N–H and O–H groups in total. The van der Waals surface area contributed by atoms with E-state index >= 15 is 0 Å². The molecule has 1 aliphatic heterocycles. The topological polar surface area (TPSA) is 89.0 Å². The molecule has 1 aliphatic rings. The number of nitrogen functional groups attached to an aromatic ring is 1. The lowest BCUT2D eigenvalue weighted by atomic mass is 10.4. The number of nitrogens with zero attached hydrogens (tertiary/aromatic N) is 7. The number of anilines is 3. The highest BCUT2D eigenvalue weighted by Gasteiger charge is 2.20. The number of fused-ring (bicyclic) bond motifs is 1. The normalized spacial score (nSPS) is 14.3. The van der Waals surface area contributed by atoms with Crippen molar-refractivity contribution >= 4 is 17.8 Å². The van der Waals surface area contributed by atoms with Crippen LogP contribution in [0, 0.1) is 0 Å². The summed E-state index contributed by atoms with van der Waals surface area (Å²) in [6, 6.07) is 0. The Morgan fingerprint density at radius 1 is 1.21 bits per heavy atom. The molecular weight excluding hydrogens is 244 g/mol. The van der Waals surface area contributed by atoms with Crippen LogP contribution >= 0.6 is 0 Å². The summed E-state index contributed by atoms with van der Waals surface area (Å²) in [6.07, 6.45) is 3.80. The third kappa shape index (κ3) is 2.16. The van der Waals surface area contributed by atoms with Crippen LogP contribution in [-0.4, -0.2) is 45.1 Å². The number of nitrogens with two attached hydrogens (primary N) is 1. The van der Waals surface area contributed by atoms with E-state index in [9.17, 15) is 0 Å². The molecule has 0 saturated carbocycles. The second-order valence-corrected chi connectivity index (χ2v) is 4.65. The van der Waals surface area contributed by atoms with Crippen LogP contribution in [-0.2, 0) is 13.1 Å². The molecule has 3 heterocycles. The molecule has 8 nitrogen and oxygen atoms in total.